The van der Waals surface area contributed by atoms with Crippen LogP contribution in [0.25, 0.3) is 11.3 Å². The monoisotopic (exact) mass is 463 g/mol. The molecule has 1 heterocycles. The number of carbonyl (C=O) groups excluding carboxylic acids is 1. The second-order valence-electron chi connectivity index (χ2n) is 9.23. The fraction of sp³-hybridized carbons (Fsp3) is 0.233. The number of fused-ring (bicyclic) bond motifs is 3. The van der Waals surface area contributed by atoms with Crippen LogP contribution in [0.3, 0.4) is 0 Å². The van der Waals surface area contributed by atoms with Crippen molar-refractivity contribution >= 4 is 11.7 Å². The maximum absolute atomic E-state index is 12.9. The number of anilines is 1. The Kier molecular flexibility index (Phi) is 6.57. The van der Waals surface area contributed by atoms with Gasteiger partial charge in [0, 0.05) is 24.3 Å². The smallest absolute Gasteiger partial charge is 0.225 e. The van der Waals surface area contributed by atoms with Crippen molar-refractivity contribution in [3.05, 3.63) is 107 Å². The number of carbonyl (C=O) groups is 1. The summed E-state index contributed by atoms with van der Waals surface area (Å²) in [6.07, 6.45) is 3.36. The third-order valence-electron chi connectivity index (χ3n) is 6.61. The molecule has 1 unspecified atom stereocenters. The zero-order chi connectivity index (χ0) is 24.2. The number of phenolic OH excluding ortho intramolecular Hbond substituents is 1. The van der Waals surface area contributed by atoms with Gasteiger partial charge in [-0.15, -0.1) is 0 Å². The molecule has 0 aliphatic heterocycles. The number of aromatic nitrogens is 2. The van der Waals surface area contributed by atoms with Crippen molar-refractivity contribution in [1.29, 1.82) is 0 Å². The van der Waals surface area contributed by atoms with E-state index in [1.807, 2.05) is 60.7 Å². The number of nitrogens with one attached hydrogen (secondary N) is 1. The number of phenols is 1. The molecule has 0 saturated carbocycles. The highest BCUT2D eigenvalue weighted by Crippen LogP contribution is 2.38. The van der Waals surface area contributed by atoms with Gasteiger partial charge in [-0.2, -0.15) is 0 Å². The number of rotatable bonds is 6. The molecule has 4 aromatic rings. The molecule has 1 aliphatic carbocycles. The van der Waals surface area contributed by atoms with Gasteiger partial charge in [-0.05, 0) is 54.2 Å². The summed E-state index contributed by atoms with van der Waals surface area (Å²) in [7, 11) is 0. The molecule has 0 saturated heterocycles. The zero-order valence-corrected chi connectivity index (χ0v) is 19.9. The Morgan fingerprint density at radius 2 is 1.69 bits per heavy atom. The van der Waals surface area contributed by atoms with Crippen molar-refractivity contribution < 1.29 is 9.90 Å². The van der Waals surface area contributed by atoms with Crippen LogP contribution in [0.5, 0.6) is 5.75 Å². The lowest BCUT2D eigenvalue weighted by Crippen LogP contribution is -2.18. The second-order valence-corrected chi connectivity index (χ2v) is 9.23. The van der Waals surface area contributed by atoms with Crippen LogP contribution in [0.2, 0.25) is 0 Å². The highest BCUT2D eigenvalue weighted by molar-refractivity contribution is 5.90. The summed E-state index contributed by atoms with van der Waals surface area (Å²) in [5.41, 5.74) is 6.81. The molecule has 35 heavy (non-hydrogen) atoms. The van der Waals surface area contributed by atoms with E-state index in [9.17, 15) is 9.90 Å². The number of hydrogen-bond donors (Lipinski definition) is 2. The maximum atomic E-state index is 12.9. The molecule has 5 rings (SSSR count). The van der Waals surface area contributed by atoms with Crippen molar-refractivity contribution in [3.8, 4) is 17.0 Å². The molecular formula is C30H29N3O2. The van der Waals surface area contributed by atoms with Crippen LogP contribution < -0.4 is 5.32 Å². The molecule has 1 amide bonds. The quantitative estimate of drug-likeness (QED) is 0.364. The van der Waals surface area contributed by atoms with E-state index in [0.29, 0.717) is 25.1 Å². The predicted molar refractivity (Wildman–Crippen MR) is 139 cm³/mol. The first-order valence-corrected chi connectivity index (χ1v) is 12.2. The highest BCUT2D eigenvalue weighted by Gasteiger charge is 2.25. The molecule has 1 aromatic heterocycles. The van der Waals surface area contributed by atoms with Crippen LogP contribution in [0.15, 0.2) is 78.9 Å². The Bertz CT molecular complexity index is 1340. The lowest BCUT2D eigenvalue weighted by atomic mass is 10.0. The molecule has 2 N–H and O–H groups in total. The van der Waals surface area contributed by atoms with E-state index in [1.165, 1.54) is 0 Å². The minimum Gasteiger partial charge on any atom is -0.508 e. The van der Waals surface area contributed by atoms with Crippen molar-refractivity contribution in [2.24, 2.45) is 0 Å². The van der Waals surface area contributed by atoms with E-state index in [4.69, 9.17) is 9.97 Å². The van der Waals surface area contributed by atoms with Crippen molar-refractivity contribution in [1.82, 2.24) is 9.97 Å². The third-order valence-corrected chi connectivity index (χ3v) is 6.61. The largest absolute Gasteiger partial charge is 0.508 e. The van der Waals surface area contributed by atoms with Crippen LogP contribution in [-0.2, 0) is 24.1 Å². The first-order chi connectivity index (χ1) is 17.1. The summed E-state index contributed by atoms with van der Waals surface area (Å²) >= 11 is 0. The summed E-state index contributed by atoms with van der Waals surface area (Å²) in [5.74, 6) is 0.918. The van der Waals surface area contributed by atoms with Gasteiger partial charge in [-0.1, -0.05) is 67.6 Å². The van der Waals surface area contributed by atoms with Crippen LogP contribution in [0.1, 0.15) is 53.8 Å². The molecule has 0 fully saturated rings. The van der Waals surface area contributed by atoms with Crippen LogP contribution >= 0.6 is 0 Å². The summed E-state index contributed by atoms with van der Waals surface area (Å²) in [6.45, 7) is 2.15. The van der Waals surface area contributed by atoms with Crippen LogP contribution in [0.4, 0.5) is 5.82 Å². The van der Waals surface area contributed by atoms with Crippen LogP contribution in [0, 0.1) is 0 Å². The predicted octanol–water partition coefficient (Wildman–Crippen LogP) is 6.06. The van der Waals surface area contributed by atoms with E-state index < -0.39 is 0 Å². The average Bonchev–Trinajstić information content (AvgIpc) is 3.00. The van der Waals surface area contributed by atoms with Crippen molar-refractivity contribution in [2.45, 2.75) is 44.9 Å². The van der Waals surface area contributed by atoms with Crippen molar-refractivity contribution in [2.75, 3.05) is 5.32 Å². The van der Waals surface area contributed by atoms with Gasteiger partial charge >= 0.3 is 0 Å². The molecule has 5 heteroatoms. The number of benzene rings is 3. The van der Waals surface area contributed by atoms with Gasteiger partial charge in [0.15, 0.2) is 5.82 Å². The minimum atomic E-state index is -0.0657. The fourth-order valence-corrected chi connectivity index (χ4v) is 4.66. The SMILES string of the molecule is CC1CCc2cc(O)ccc2-c2nc(Cc3ccccc3)c(NC(=O)CCc3ccccc3)nc21. The molecule has 1 atom stereocenters. The Balaban J connectivity index is 1.51. The van der Waals surface area contributed by atoms with Crippen LogP contribution in [-0.4, -0.2) is 21.0 Å². The first-order valence-electron chi connectivity index (χ1n) is 12.2. The number of nitrogens with zero attached hydrogens (tertiary/aromatic N) is 2. The highest BCUT2D eigenvalue weighted by atomic mass is 16.3. The standard InChI is InChI=1S/C30H29N3O2/c1-20-12-14-23-19-24(34)15-16-25(23)29-28(20)33-30(26(31-29)18-22-10-6-3-7-11-22)32-27(35)17-13-21-8-4-2-5-9-21/h2-11,15-16,19-20,34H,12-14,17-18H2,1H3,(H,32,33,35). The Hall–Kier alpha value is -3.99. The van der Waals surface area contributed by atoms with E-state index in [1.54, 1.807) is 6.07 Å². The number of aryl methyl sites for hydroxylation is 2. The lowest BCUT2D eigenvalue weighted by molar-refractivity contribution is -0.116. The van der Waals surface area contributed by atoms with Crippen molar-refractivity contribution in [3.63, 3.8) is 0 Å². The Labute approximate surface area is 205 Å². The molecule has 0 bridgehead atoms. The summed E-state index contributed by atoms with van der Waals surface area (Å²) in [6, 6.07) is 25.6. The van der Waals surface area contributed by atoms with E-state index >= 15 is 0 Å². The van der Waals surface area contributed by atoms with E-state index in [-0.39, 0.29) is 17.6 Å². The lowest BCUT2D eigenvalue weighted by Gasteiger charge is -2.17. The van der Waals surface area contributed by atoms with Gasteiger partial charge in [0.2, 0.25) is 5.91 Å². The molecule has 1 aliphatic rings. The van der Waals surface area contributed by atoms with Gasteiger partial charge in [-0.3, -0.25) is 4.79 Å². The molecular weight excluding hydrogens is 434 g/mol. The minimum absolute atomic E-state index is 0.0657. The maximum Gasteiger partial charge on any atom is 0.225 e. The third kappa shape index (κ3) is 5.24. The number of hydrogen-bond acceptors (Lipinski definition) is 4. The second kappa shape index (κ2) is 10.1. The number of amides is 1. The van der Waals surface area contributed by atoms with E-state index in [2.05, 4.69) is 24.4 Å². The molecule has 0 spiro atoms. The summed E-state index contributed by atoms with van der Waals surface area (Å²) in [4.78, 5) is 23.0. The van der Waals surface area contributed by atoms with Gasteiger partial charge in [-0.25, -0.2) is 9.97 Å². The molecule has 5 nitrogen and oxygen atoms in total. The zero-order valence-electron chi connectivity index (χ0n) is 19.9. The summed E-state index contributed by atoms with van der Waals surface area (Å²) in [5, 5.41) is 13.1. The Morgan fingerprint density at radius 1 is 0.971 bits per heavy atom. The van der Waals surface area contributed by atoms with E-state index in [0.717, 1.165) is 52.2 Å². The first kappa shape index (κ1) is 22.8. The molecule has 0 radical (unpaired) electrons. The normalized spacial score (nSPS) is 14.5. The average molecular weight is 464 g/mol. The molecule has 3 aromatic carbocycles. The van der Waals surface area contributed by atoms with Gasteiger partial charge in [0.1, 0.15) is 5.75 Å². The topological polar surface area (TPSA) is 75.1 Å². The fourth-order valence-electron chi connectivity index (χ4n) is 4.66. The van der Waals surface area contributed by atoms with Gasteiger partial charge in [0.25, 0.3) is 0 Å². The van der Waals surface area contributed by atoms with Gasteiger partial charge < -0.3 is 10.4 Å². The Morgan fingerprint density at radius 3 is 2.43 bits per heavy atom. The molecule has 176 valence electrons. The number of aromatic hydroxyl groups is 1. The van der Waals surface area contributed by atoms with Gasteiger partial charge in [0.05, 0.1) is 17.1 Å². The summed E-state index contributed by atoms with van der Waals surface area (Å²) < 4.78 is 0.